The van der Waals surface area contributed by atoms with E-state index in [-0.39, 0.29) is 0 Å². The number of nitrogens with two attached hydrogens (primary N) is 1. The van der Waals surface area contributed by atoms with Crippen molar-refractivity contribution in [3.63, 3.8) is 0 Å². The van der Waals surface area contributed by atoms with E-state index in [1.807, 2.05) is 0 Å². The summed E-state index contributed by atoms with van der Waals surface area (Å²) in [6, 6.07) is 0.478. The molecular formula is C11H20N2. The van der Waals surface area contributed by atoms with E-state index in [1.54, 1.807) is 0 Å². The average molecular weight is 180 g/mol. The van der Waals surface area contributed by atoms with Crippen LogP contribution in [0.2, 0.25) is 0 Å². The molecule has 1 unspecified atom stereocenters. The van der Waals surface area contributed by atoms with Crippen molar-refractivity contribution in [3.8, 4) is 0 Å². The summed E-state index contributed by atoms with van der Waals surface area (Å²) >= 11 is 0. The molecule has 74 valence electrons. The summed E-state index contributed by atoms with van der Waals surface area (Å²) in [6.07, 6.45) is 9.71. The van der Waals surface area contributed by atoms with Crippen LogP contribution in [-0.4, -0.2) is 30.6 Å². The first kappa shape index (κ1) is 9.22. The Morgan fingerprint density at radius 1 is 1.38 bits per heavy atom. The van der Waals surface area contributed by atoms with Crippen LogP contribution < -0.4 is 5.73 Å². The normalized spacial score (nSPS) is 26.2. The van der Waals surface area contributed by atoms with Crippen LogP contribution in [0, 0.1) is 5.92 Å². The largest absolute Gasteiger partial charge is 0.327 e. The molecule has 1 fully saturated rings. The summed E-state index contributed by atoms with van der Waals surface area (Å²) in [5, 5.41) is 0. The van der Waals surface area contributed by atoms with Gasteiger partial charge in [0.05, 0.1) is 0 Å². The van der Waals surface area contributed by atoms with E-state index in [1.165, 1.54) is 38.8 Å². The SMILES string of the molecule is NC(CCN1CC=CCC1)C1CC1. The summed E-state index contributed by atoms with van der Waals surface area (Å²) in [6.45, 7) is 3.56. The number of nitrogens with zero attached hydrogens (tertiary/aromatic N) is 1. The fourth-order valence-corrected chi connectivity index (χ4v) is 1.98. The lowest BCUT2D eigenvalue weighted by atomic mass is 10.1. The summed E-state index contributed by atoms with van der Waals surface area (Å²) in [7, 11) is 0. The van der Waals surface area contributed by atoms with Crippen LogP contribution in [0.25, 0.3) is 0 Å². The van der Waals surface area contributed by atoms with Crippen molar-refractivity contribution in [2.45, 2.75) is 31.7 Å². The summed E-state index contributed by atoms with van der Waals surface area (Å²) in [5.74, 6) is 0.861. The van der Waals surface area contributed by atoms with Gasteiger partial charge in [-0.05, 0) is 38.1 Å². The molecule has 13 heavy (non-hydrogen) atoms. The monoisotopic (exact) mass is 180 g/mol. The van der Waals surface area contributed by atoms with E-state index in [0.717, 1.165) is 12.5 Å². The van der Waals surface area contributed by atoms with E-state index in [9.17, 15) is 0 Å². The zero-order chi connectivity index (χ0) is 9.10. The molecule has 0 radical (unpaired) electrons. The number of hydrogen-bond acceptors (Lipinski definition) is 2. The first-order chi connectivity index (χ1) is 6.36. The predicted molar refractivity (Wildman–Crippen MR) is 55.5 cm³/mol. The lowest BCUT2D eigenvalue weighted by Crippen LogP contribution is -2.33. The van der Waals surface area contributed by atoms with Crippen LogP contribution in [-0.2, 0) is 0 Å². The van der Waals surface area contributed by atoms with Crippen molar-refractivity contribution < 1.29 is 0 Å². The minimum absolute atomic E-state index is 0.478. The molecule has 1 saturated carbocycles. The second-order valence-electron chi connectivity index (χ2n) is 4.35. The van der Waals surface area contributed by atoms with Gasteiger partial charge in [0, 0.05) is 19.1 Å². The molecule has 1 atom stereocenters. The Kier molecular flexibility index (Phi) is 3.01. The molecule has 0 saturated heterocycles. The Balaban J connectivity index is 1.63. The van der Waals surface area contributed by atoms with Gasteiger partial charge in [-0.3, -0.25) is 4.90 Å². The van der Waals surface area contributed by atoms with Gasteiger partial charge >= 0.3 is 0 Å². The van der Waals surface area contributed by atoms with Crippen molar-refractivity contribution >= 4 is 0 Å². The summed E-state index contributed by atoms with van der Waals surface area (Å²) < 4.78 is 0. The van der Waals surface area contributed by atoms with Crippen molar-refractivity contribution in [3.05, 3.63) is 12.2 Å². The highest BCUT2D eigenvalue weighted by atomic mass is 15.1. The van der Waals surface area contributed by atoms with Gasteiger partial charge in [-0.2, -0.15) is 0 Å². The number of rotatable bonds is 4. The highest BCUT2D eigenvalue weighted by molar-refractivity contribution is 4.91. The molecule has 0 amide bonds. The standard InChI is InChI=1S/C11H20N2/c12-11(10-4-5-10)6-9-13-7-2-1-3-8-13/h1-2,10-11H,3-9,12H2. The van der Waals surface area contributed by atoms with E-state index >= 15 is 0 Å². The van der Waals surface area contributed by atoms with E-state index in [4.69, 9.17) is 5.73 Å². The van der Waals surface area contributed by atoms with Crippen LogP contribution in [0.5, 0.6) is 0 Å². The molecule has 0 aromatic heterocycles. The van der Waals surface area contributed by atoms with Crippen molar-refractivity contribution in [1.82, 2.24) is 4.90 Å². The molecule has 2 N–H and O–H groups in total. The van der Waals surface area contributed by atoms with Crippen molar-refractivity contribution in [2.24, 2.45) is 11.7 Å². The van der Waals surface area contributed by atoms with Crippen molar-refractivity contribution in [2.75, 3.05) is 19.6 Å². The van der Waals surface area contributed by atoms with E-state index < -0.39 is 0 Å². The first-order valence-corrected chi connectivity index (χ1v) is 5.49. The second-order valence-corrected chi connectivity index (χ2v) is 4.35. The molecule has 2 nitrogen and oxygen atoms in total. The maximum absolute atomic E-state index is 6.05. The van der Waals surface area contributed by atoms with Crippen LogP contribution in [0.3, 0.4) is 0 Å². The third kappa shape index (κ3) is 2.82. The third-order valence-corrected chi connectivity index (χ3v) is 3.15. The van der Waals surface area contributed by atoms with Gasteiger partial charge in [-0.25, -0.2) is 0 Å². The fourth-order valence-electron chi connectivity index (χ4n) is 1.98. The quantitative estimate of drug-likeness (QED) is 0.662. The number of hydrogen-bond donors (Lipinski definition) is 1. The zero-order valence-electron chi connectivity index (χ0n) is 8.28. The molecule has 1 heterocycles. The highest BCUT2D eigenvalue weighted by Gasteiger charge is 2.28. The molecule has 2 rings (SSSR count). The van der Waals surface area contributed by atoms with Crippen LogP contribution in [0.4, 0.5) is 0 Å². The Morgan fingerprint density at radius 2 is 2.23 bits per heavy atom. The average Bonchev–Trinajstić information content (AvgIpc) is 2.99. The third-order valence-electron chi connectivity index (χ3n) is 3.15. The lowest BCUT2D eigenvalue weighted by Gasteiger charge is -2.24. The Bertz CT molecular complexity index is 185. The van der Waals surface area contributed by atoms with Gasteiger partial charge < -0.3 is 5.73 Å². The van der Waals surface area contributed by atoms with Gasteiger partial charge in [-0.15, -0.1) is 0 Å². The zero-order valence-corrected chi connectivity index (χ0v) is 8.28. The van der Waals surface area contributed by atoms with Crippen LogP contribution in [0.1, 0.15) is 25.7 Å². The van der Waals surface area contributed by atoms with Gasteiger partial charge in [-0.1, -0.05) is 12.2 Å². The van der Waals surface area contributed by atoms with E-state index in [2.05, 4.69) is 17.1 Å². The Hall–Kier alpha value is -0.340. The topological polar surface area (TPSA) is 29.3 Å². The minimum atomic E-state index is 0.478. The maximum atomic E-state index is 6.05. The van der Waals surface area contributed by atoms with Gasteiger partial charge in [0.25, 0.3) is 0 Å². The molecule has 0 aromatic rings. The predicted octanol–water partition coefficient (Wildman–Crippen LogP) is 1.38. The smallest absolute Gasteiger partial charge is 0.0163 e. The van der Waals surface area contributed by atoms with E-state index in [0.29, 0.717) is 6.04 Å². The summed E-state index contributed by atoms with van der Waals surface area (Å²) in [4.78, 5) is 2.50. The molecule has 2 aliphatic rings. The fraction of sp³-hybridized carbons (Fsp3) is 0.818. The van der Waals surface area contributed by atoms with Crippen molar-refractivity contribution in [1.29, 1.82) is 0 Å². The molecule has 2 heteroatoms. The van der Waals surface area contributed by atoms with Crippen LogP contribution in [0.15, 0.2) is 12.2 Å². The molecule has 0 aromatic carbocycles. The molecule has 1 aliphatic carbocycles. The van der Waals surface area contributed by atoms with Crippen LogP contribution >= 0.6 is 0 Å². The maximum Gasteiger partial charge on any atom is 0.0163 e. The highest BCUT2D eigenvalue weighted by Crippen LogP contribution is 2.32. The van der Waals surface area contributed by atoms with Gasteiger partial charge in [0.15, 0.2) is 0 Å². The first-order valence-electron chi connectivity index (χ1n) is 5.49. The molecule has 0 bridgehead atoms. The molecular weight excluding hydrogens is 160 g/mol. The molecule has 0 spiro atoms. The van der Waals surface area contributed by atoms with Gasteiger partial charge in [0.1, 0.15) is 0 Å². The Morgan fingerprint density at radius 3 is 2.85 bits per heavy atom. The minimum Gasteiger partial charge on any atom is -0.327 e. The lowest BCUT2D eigenvalue weighted by molar-refractivity contribution is 0.281. The van der Waals surface area contributed by atoms with Gasteiger partial charge in [0.2, 0.25) is 0 Å². The molecule has 1 aliphatic heterocycles. The Labute approximate surface area is 80.8 Å². The summed E-state index contributed by atoms with van der Waals surface area (Å²) in [5.41, 5.74) is 6.05. The second kappa shape index (κ2) is 4.25.